The van der Waals surface area contributed by atoms with Crippen LogP contribution in [0, 0.1) is 0 Å². The molecule has 1 aromatic carbocycles. The number of benzene rings is 1. The summed E-state index contributed by atoms with van der Waals surface area (Å²) < 4.78 is 10.6. The zero-order valence-corrected chi connectivity index (χ0v) is 12.5. The Kier molecular flexibility index (Phi) is 6.68. The van der Waals surface area contributed by atoms with Gasteiger partial charge in [-0.25, -0.2) is 0 Å². The zero-order valence-electron chi connectivity index (χ0n) is 12.5. The summed E-state index contributed by atoms with van der Waals surface area (Å²) in [6, 6.07) is 6.94. The maximum Gasteiger partial charge on any atom is 0.305 e. The third-order valence-corrected chi connectivity index (χ3v) is 2.87. The van der Waals surface area contributed by atoms with Crippen LogP contribution >= 0.6 is 0 Å². The Balaban J connectivity index is 2.43. The summed E-state index contributed by atoms with van der Waals surface area (Å²) in [6.07, 6.45) is -0.776. The van der Waals surface area contributed by atoms with E-state index in [1.54, 1.807) is 21.0 Å². The summed E-state index contributed by atoms with van der Waals surface area (Å²) >= 11 is 0. The largest absolute Gasteiger partial charge is 0.497 e. The van der Waals surface area contributed by atoms with Crippen molar-refractivity contribution < 1.29 is 24.2 Å². The number of carbonyl (C=O) groups is 2. The van der Waals surface area contributed by atoms with Crippen molar-refractivity contribution in [3.05, 3.63) is 29.8 Å². The summed E-state index contributed by atoms with van der Waals surface area (Å²) in [7, 11) is 1.58. The molecule has 0 saturated heterocycles. The Morgan fingerprint density at radius 3 is 2.67 bits per heavy atom. The van der Waals surface area contributed by atoms with Crippen LogP contribution in [0.1, 0.15) is 25.8 Å². The van der Waals surface area contributed by atoms with Gasteiger partial charge in [-0.05, 0) is 31.5 Å². The van der Waals surface area contributed by atoms with Crippen LogP contribution in [0.3, 0.4) is 0 Å². The molecule has 1 amide bonds. The molecule has 21 heavy (non-hydrogen) atoms. The first-order valence-electron chi connectivity index (χ1n) is 6.69. The molecule has 1 aromatic rings. The molecule has 6 heteroatoms. The lowest BCUT2D eigenvalue weighted by molar-refractivity contribution is -0.138. The number of ether oxygens (including phenoxy) is 2. The molecule has 0 saturated carbocycles. The third-order valence-electron chi connectivity index (χ3n) is 2.87. The minimum atomic E-state index is -0.951. The number of hydrogen-bond donors (Lipinski definition) is 2. The summed E-state index contributed by atoms with van der Waals surface area (Å²) in [5, 5.41) is 11.2. The number of carbonyl (C=O) groups excluding carboxylic acids is 1. The Hall–Kier alpha value is -2.08. The smallest absolute Gasteiger partial charge is 0.305 e. The van der Waals surface area contributed by atoms with Gasteiger partial charge in [-0.1, -0.05) is 12.1 Å². The highest BCUT2D eigenvalue weighted by atomic mass is 16.5. The van der Waals surface area contributed by atoms with Gasteiger partial charge in [0.25, 0.3) is 0 Å². The van der Waals surface area contributed by atoms with Crippen molar-refractivity contribution in [1.82, 2.24) is 5.32 Å². The van der Waals surface area contributed by atoms with Crippen LogP contribution < -0.4 is 10.1 Å². The first-order valence-corrected chi connectivity index (χ1v) is 6.69. The summed E-state index contributed by atoms with van der Waals surface area (Å²) in [5.41, 5.74) is 0.896. The molecule has 0 fully saturated rings. The van der Waals surface area contributed by atoms with Gasteiger partial charge < -0.3 is 19.9 Å². The van der Waals surface area contributed by atoms with Crippen LogP contribution in [-0.4, -0.2) is 36.2 Å². The standard InChI is InChI=1S/C15H21NO5/c1-10(7-14(17)18)16-15(19)11(2)21-9-12-5-4-6-13(8-12)20-3/h4-6,8,10-11H,7,9H2,1-3H3,(H,16,19)(H,17,18). The van der Waals surface area contributed by atoms with Gasteiger partial charge in [0.2, 0.25) is 5.91 Å². The molecule has 6 nitrogen and oxygen atoms in total. The van der Waals surface area contributed by atoms with E-state index < -0.39 is 18.1 Å². The van der Waals surface area contributed by atoms with E-state index in [-0.39, 0.29) is 18.9 Å². The van der Waals surface area contributed by atoms with Crippen LogP contribution in [-0.2, 0) is 20.9 Å². The highest BCUT2D eigenvalue weighted by molar-refractivity contribution is 5.81. The van der Waals surface area contributed by atoms with E-state index in [4.69, 9.17) is 14.6 Å². The van der Waals surface area contributed by atoms with Gasteiger partial charge >= 0.3 is 5.97 Å². The fourth-order valence-corrected chi connectivity index (χ4v) is 1.73. The number of carboxylic acid groups (broad SMARTS) is 1. The van der Waals surface area contributed by atoms with Crippen molar-refractivity contribution >= 4 is 11.9 Å². The maximum absolute atomic E-state index is 11.8. The molecule has 0 aliphatic rings. The van der Waals surface area contributed by atoms with Crippen molar-refractivity contribution in [3.8, 4) is 5.75 Å². The van der Waals surface area contributed by atoms with Gasteiger partial charge in [0, 0.05) is 6.04 Å². The lowest BCUT2D eigenvalue weighted by atomic mass is 10.2. The normalized spacial score (nSPS) is 13.3. The number of methoxy groups -OCH3 is 1. The second-order valence-electron chi connectivity index (χ2n) is 4.81. The molecule has 0 heterocycles. The Morgan fingerprint density at radius 2 is 2.05 bits per heavy atom. The van der Waals surface area contributed by atoms with Gasteiger partial charge in [-0.3, -0.25) is 9.59 Å². The number of carboxylic acids is 1. The highest BCUT2D eigenvalue weighted by Gasteiger charge is 2.17. The highest BCUT2D eigenvalue weighted by Crippen LogP contribution is 2.13. The fourth-order valence-electron chi connectivity index (χ4n) is 1.73. The molecule has 0 radical (unpaired) electrons. The van der Waals surface area contributed by atoms with Gasteiger partial charge in [0.05, 0.1) is 20.1 Å². The number of hydrogen-bond acceptors (Lipinski definition) is 4. The fraction of sp³-hybridized carbons (Fsp3) is 0.467. The SMILES string of the molecule is COc1cccc(COC(C)C(=O)NC(C)CC(=O)O)c1. The third kappa shape index (κ3) is 6.27. The van der Waals surface area contributed by atoms with Gasteiger partial charge in [0.1, 0.15) is 11.9 Å². The molecule has 0 aromatic heterocycles. The van der Waals surface area contributed by atoms with Gasteiger partial charge in [0.15, 0.2) is 0 Å². The number of rotatable bonds is 8. The van der Waals surface area contributed by atoms with E-state index in [1.165, 1.54) is 0 Å². The predicted molar refractivity (Wildman–Crippen MR) is 77.1 cm³/mol. The van der Waals surface area contributed by atoms with E-state index in [9.17, 15) is 9.59 Å². The van der Waals surface area contributed by atoms with E-state index in [0.717, 1.165) is 11.3 Å². The van der Waals surface area contributed by atoms with E-state index in [1.807, 2.05) is 24.3 Å². The lowest BCUT2D eigenvalue weighted by Gasteiger charge is -2.17. The summed E-state index contributed by atoms with van der Waals surface area (Å²) in [6.45, 7) is 3.54. The van der Waals surface area contributed by atoms with Crippen LogP contribution in [0.2, 0.25) is 0 Å². The molecule has 2 unspecified atom stereocenters. The topological polar surface area (TPSA) is 84.9 Å². The molecular formula is C15H21NO5. The van der Waals surface area contributed by atoms with E-state index in [0.29, 0.717) is 0 Å². The molecule has 0 spiro atoms. The van der Waals surface area contributed by atoms with Crippen LogP contribution in [0.15, 0.2) is 24.3 Å². The molecule has 0 bridgehead atoms. The molecule has 2 N–H and O–H groups in total. The minimum Gasteiger partial charge on any atom is -0.497 e. The molecule has 0 aliphatic carbocycles. The van der Waals surface area contributed by atoms with Crippen LogP contribution in [0.4, 0.5) is 0 Å². The van der Waals surface area contributed by atoms with Crippen molar-refractivity contribution in [2.45, 2.75) is 39.0 Å². The molecular weight excluding hydrogens is 274 g/mol. The van der Waals surface area contributed by atoms with Crippen molar-refractivity contribution in [2.75, 3.05) is 7.11 Å². The quantitative estimate of drug-likeness (QED) is 0.760. The molecule has 116 valence electrons. The molecule has 1 rings (SSSR count). The second kappa shape index (κ2) is 8.26. The first kappa shape index (κ1) is 17.0. The lowest BCUT2D eigenvalue weighted by Crippen LogP contribution is -2.40. The van der Waals surface area contributed by atoms with E-state index in [2.05, 4.69) is 5.32 Å². The Labute approximate surface area is 124 Å². The zero-order chi connectivity index (χ0) is 15.8. The van der Waals surface area contributed by atoms with Crippen LogP contribution in [0.25, 0.3) is 0 Å². The maximum atomic E-state index is 11.8. The van der Waals surface area contributed by atoms with Crippen molar-refractivity contribution in [1.29, 1.82) is 0 Å². The second-order valence-corrected chi connectivity index (χ2v) is 4.81. The van der Waals surface area contributed by atoms with Crippen molar-refractivity contribution in [2.24, 2.45) is 0 Å². The monoisotopic (exact) mass is 295 g/mol. The summed E-state index contributed by atoms with van der Waals surface area (Å²) in [5.74, 6) is -0.553. The first-order chi connectivity index (χ1) is 9.92. The van der Waals surface area contributed by atoms with Gasteiger partial charge in [-0.15, -0.1) is 0 Å². The average molecular weight is 295 g/mol. The Morgan fingerprint density at radius 1 is 1.33 bits per heavy atom. The minimum absolute atomic E-state index is 0.117. The molecule has 2 atom stereocenters. The molecule has 0 aliphatic heterocycles. The van der Waals surface area contributed by atoms with Crippen molar-refractivity contribution in [3.63, 3.8) is 0 Å². The average Bonchev–Trinajstić information content (AvgIpc) is 2.43. The van der Waals surface area contributed by atoms with Crippen LogP contribution in [0.5, 0.6) is 5.75 Å². The van der Waals surface area contributed by atoms with Gasteiger partial charge in [-0.2, -0.15) is 0 Å². The van der Waals surface area contributed by atoms with E-state index >= 15 is 0 Å². The predicted octanol–water partition coefficient (Wildman–Crippen LogP) is 1.58. The number of nitrogens with one attached hydrogen (secondary N) is 1. The number of amides is 1. The number of aliphatic carboxylic acids is 1. The Bertz CT molecular complexity index is 489. The summed E-state index contributed by atoms with van der Waals surface area (Å²) in [4.78, 5) is 22.4.